The third-order valence-corrected chi connectivity index (χ3v) is 1.36. The fourth-order valence-electron chi connectivity index (χ4n) is 0.659. The van der Waals surface area contributed by atoms with Gasteiger partial charge in [0.05, 0.1) is 12.7 Å². The Hall–Kier alpha value is -0.290. The second-order valence-corrected chi connectivity index (χ2v) is 2.40. The molecule has 0 saturated heterocycles. The standard InChI is InChI=1S/C7H13F3O2/c1-3-6(11-2)4-12-5-7(8,9)10/h6H,3-5H2,1-2H3. The Morgan fingerprint density at radius 3 is 2.25 bits per heavy atom. The fourth-order valence-corrected chi connectivity index (χ4v) is 0.659. The first kappa shape index (κ1) is 11.7. The van der Waals surface area contributed by atoms with Gasteiger partial charge in [0.1, 0.15) is 6.61 Å². The van der Waals surface area contributed by atoms with Gasteiger partial charge >= 0.3 is 6.18 Å². The van der Waals surface area contributed by atoms with E-state index in [0.29, 0.717) is 6.42 Å². The van der Waals surface area contributed by atoms with Crippen LogP contribution in [0, 0.1) is 0 Å². The molecule has 0 aliphatic carbocycles. The number of alkyl halides is 3. The summed E-state index contributed by atoms with van der Waals surface area (Å²) in [5, 5.41) is 0. The van der Waals surface area contributed by atoms with Crippen LogP contribution in [-0.2, 0) is 9.47 Å². The van der Waals surface area contributed by atoms with Gasteiger partial charge in [-0.3, -0.25) is 0 Å². The second-order valence-electron chi connectivity index (χ2n) is 2.40. The van der Waals surface area contributed by atoms with E-state index in [4.69, 9.17) is 4.74 Å². The Balaban J connectivity index is 3.41. The van der Waals surface area contributed by atoms with Crippen molar-refractivity contribution in [3.63, 3.8) is 0 Å². The van der Waals surface area contributed by atoms with Crippen LogP contribution in [0.4, 0.5) is 13.2 Å². The van der Waals surface area contributed by atoms with E-state index in [-0.39, 0.29) is 12.7 Å². The molecule has 0 aromatic heterocycles. The lowest BCUT2D eigenvalue weighted by atomic mass is 10.3. The highest BCUT2D eigenvalue weighted by Crippen LogP contribution is 2.14. The minimum absolute atomic E-state index is 0.00743. The van der Waals surface area contributed by atoms with Gasteiger partial charge in [0, 0.05) is 7.11 Å². The van der Waals surface area contributed by atoms with E-state index in [1.54, 1.807) is 0 Å². The lowest BCUT2D eigenvalue weighted by Gasteiger charge is -2.13. The molecule has 1 atom stereocenters. The maximum Gasteiger partial charge on any atom is 0.411 e. The summed E-state index contributed by atoms with van der Waals surface area (Å²) in [5.41, 5.74) is 0. The van der Waals surface area contributed by atoms with Crippen LogP contribution in [0.5, 0.6) is 0 Å². The molecular weight excluding hydrogens is 173 g/mol. The third-order valence-electron chi connectivity index (χ3n) is 1.36. The van der Waals surface area contributed by atoms with Crippen molar-refractivity contribution in [3.8, 4) is 0 Å². The summed E-state index contributed by atoms with van der Waals surface area (Å²) in [6.45, 7) is 0.616. The number of halogens is 3. The van der Waals surface area contributed by atoms with Crippen molar-refractivity contribution in [2.24, 2.45) is 0 Å². The molecule has 0 bridgehead atoms. The Labute approximate surface area is 69.7 Å². The Kier molecular flexibility index (Phi) is 5.24. The van der Waals surface area contributed by atoms with Gasteiger partial charge in [-0.2, -0.15) is 13.2 Å². The molecule has 74 valence electrons. The van der Waals surface area contributed by atoms with E-state index >= 15 is 0 Å². The average Bonchev–Trinajstić information content (AvgIpc) is 1.96. The molecule has 0 aromatic carbocycles. The molecule has 0 fully saturated rings. The molecule has 0 aliphatic heterocycles. The zero-order chi connectivity index (χ0) is 9.61. The van der Waals surface area contributed by atoms with Gasteiger partial charge in [-0.15, -0.1) is 0 Å². The topological polar surface area (TPSA) is 18.5 Å². The third kappa shape index (κ3) is 6.42. The van der Waals surface area contributed by atoms with Crippen LogP contribution in [0.1, 0.15) is 13.3 Å². The highest BCUT2D eigenvalue weighted by atomic mass is 19.4. The Morgan fingerprint density at radius 2 is 1.92 bits per heavy atom. The predicted molar refractivity (Wildman–Crippen MR) is 38.0 cm³/mol. The molecule has 0 amide bonds. The van der Waals surface area contributed by atoms with E-state index in [0.717, 1.165) is 0 Å². The highest BCUT2D eigenvalue weighted by Gasteiger charge is 2.27. The van der Waals surface area contributed by atoms with Gasteiger partial charge in [-0.05, 0) is 6.42 Å². The Bertz CT molecular complexity index is 110. The van der Waals surface area contributed by atoms with Crippen molar-refractivity contribution < 1.29 is 22.6 Å². The summed E-state index contributed by atoms with van der Waals surface area (Å²) in [5.74, 6) is 0. The normalized spacial score (nSPS) is 14.8. The van der Waals surface area contributed by atoms with Gasteiger partial charge in [0.2, 0.25) is 0 Å². The lowest BCUT2D eigenvalue weighted by molar-refractivity contribution is -0.180. The molecule has 1 unspecified atom stereocenters. The molecule has 5 heteroatoms. The summed E-state index contributed by atoms with van der Waals surface area (Å²) in [6, 6.07) is 0. The van der Waals surface area contributed by atoms with Crippen LogP contribution in [0.3, 0.4) is 0 Å². The van der Waals surface area contributed by atoms with Crippen molar-refractivity contribution in [1.82, 2.24) is 0 Å². The van der Waals surface area contributed by atoms with E-state index in [1.165, 1.54) is 7.11 Å². The van der Waals surface area contributed by atoms with Crippen LogP contribution in [0.25, 0.3) is 0 Å². The van der Waals surface area contributed by atoms with E-state index < -0.39 is 12.8 Å². The van der Waals surface area contributed by atoms with Crippen molar-refractivity contribution in [2.75, 3.05) is 20.3 Å². The number of hydrogen-bond donors (Lipinski definition) is 0. The van der Waals surface area contributed by atoms with Crippen LogP contribution in [-0.4, -0.2) is 32.6 Å². The van der Waals surface area contributed by atoms with Crippen molar-refractivity contribution in [3.05, 3.63) is 0 Å². The first-order valence-corrected chi connectivity index (χ1v) is 3.67. The quantitative estimate of drug-likeness (QED) is 0.653. The molecule has 0 aromatic rings. The van der Waals surface area contributed by atoms with Crippen molar-refractivity contribution >= 4 is 0 Å². The molecule has 2 nitrogen and oxygen atoms in total. The molecule has 0 N–H and O–H groups in total. The minimum Gasteiger partial charge on any atom is -0.379 e. The molecular formula is C7H13F3O2. The lowest BCUT2D eigenvalue weighted by Crippen LogP contribution is -2.23. The first-order chi connectivity index (χ1) is 5.49. The largest absolute Gasteiger partial charge is 0.411 e. The fraction of sp³-hybridized carbons (Fsp3) is 1.00. The van der Waals surface area contributed by atoms with Crippen LogP contribution < -0.4 is 0 Å². The summed E-state index contributed by atoms with van der Waals surface area (Å²) in [7, 11) is 1.45. The predicted octanol–water partition coefficient (Wildman–Crippen LogP) is 1.99. The number of ether oxygens (including phenoxy) is 2. The van der Waals surface area contributed by atoms with Crippen molar-refractivity contribution in [2.45, 2.75) is 25.6 Å². The first-order valence-electron chi connectivity index (χ1n) is 3.67. The summed E-state index contributed by atoms with van der Waals surface area (Å²) in [6.07, 6.45) is -3.84. The molecule has 0 aliphatic rings. The SMILES string of the molecule is CCC(COCC(F)(F)F)OC. The smallest absolute Gasteiger partial charge is 0.379 e. The number of rotatable bonds is 5. The molecule has 0 heterocycles. The summed E-state index contributed by atoms with van der Waals surface area (Å²) < 4.78 is 43.9. The number of methoxy groups -OCH3 is 1. The second kappa shape index (κ2) is 5.37. The van der Waals surface area contributed by atoms with Crippen molar-refractivity contribution in [1.29, 1.82) is 0 Å². The van der Waals surface area contributed by atoms with Gasteiger partial charge in [0.25, 0.3) is 0 Å². The van der Waals surface area contributed by atoms with Gasteiger partial charge < -0.3 is 9.47 Å². The molecule has 0 spiro atoms. The maximum absolute atomic E-state index is 11.5. The average molecular weight is 186 g/mol. The summed E-state index contributed by atoms with van der Waals surface area (Å²) >= 11 is 0. The highest BCUT2D eigenvalue weighted by molar-refractivity contribution is 4.53. The van der Waals surface area contributed by atoms with Gasteiger partial charge in [-0.1, -0.05) is 6.92 Å². The zero-order valence-corrected chi connectivity index (χ0v) is 7.15. The molecule has 0 radical (unpaired) electrons. The molecule has 12 heavy (non-hydrogen) atoms. The van der Waals surface area contributed by atoms with Crippen LogP contribution in [0.15, 0.2) is 0 Å². The van der Waals surface area contributed by atoms with Gasteiger partial charge in [-0.25, -0.2) is 0 Å². The van der Waals surface area contributed by atoms with Crippen LogP contribution in [0.2, 0.25) is 0 Å². The maximum atomic E-state index is 11.5. The summed E-state index contributed by atoms with van der Waals surface area (Å²) in [4.78, 5) is 0. The Morgan fingerprint density at radius 1 is 1.33 bits per heavy atom. The molecule has 0 rings (SSSR count). The van der Waals surface area contributed by atoms with E-state index in [1.807, 2.05) is 6.92 Å². The van der Waals surface area contributed by atoms with E-state index in [9.17, 15) is 13.2 Å². The monoisotopic (exact) mass is 186 g/mol. The number of hydrogen-bond acceptors (Lipinski definition) is 2. The zero-order valence-electron chi connectivity index (χ0n) is 7.15. The van der Waals surface area contributed by atoms with Gasteiger partial charge in [0.15, 0.2) is 0 Å². The van der Waals surface area contributed by atoms with E-state index in [2.05, 4.69) is 4.74 Å². The van der Waals surface area contributed by atoms with Crippen LogP contribution >= 0.6 is 0 Å². The minimum atomic E-state index is -4.24. The molecule has 0 saturated carbocycles.